The Balaban J connectivity index is 2.15. The van der Waals surface area contributed by atoms with Crippen molar-refractivity contribution in [1.29, 1.82) is 0 Å². The first-order chi connectivity index (χ1) is 12.3. The number of benzene rings is 1. The zero-order chi connectivity index (χ0) is 19.0. The van der Waals surface area contributed by atoms with Crippen LogP contribution in [0.15, 0.2) is 29.1 Å². The summed E-state index contributed by atoms with van der Waals surface area (Å²) in [7, 11) is 1.75. The molecule has 0 saturated carbocycles. The molecule has 0 aliphatic rings. The Hall–Kier alpha value is -1.99. The summed E-state index contributed by atoms with van der Waals surface area (Å²) >= 11 is 5.72. The van der Waals surface area contributed by atoms with Crippen LogP contribution in [0.2, 0.25) is 0 Å². The van der Waals surface area contributed by atoms with E-state index in [2.05, 4.69) is 37.7 Å². The minimum Gasteiger partial charge on any atom is -0.284 e. The average molecular weight is 374 g/mol. The summed E-state index contributed by atoms with van der Waals surface area (Å²) in [6.07, 6.45) is 0. The van der Waals surface area contributed by atoms with Gasteiger partial charge in [0, 0.05) is 20.1 Å². The van der Waals surface area contributed by atoms with E-state index < -0.39 is 0 Å². The van der Waals surface area contributed by atoms with E-state index in [4.69, 9.17) is 12.2 Å². The SMILES string of the molecule is CC(C)CN(CC(C)C)Cn1nc2n(C)c(=O)c3ccccc3n2c1=S. The summed E-state index contributed by atoms with van der Waals surface area (Å²) in [5.41, 5.74) is 0.752. The number of hydrogen-bond donors (Lipinski definition) is 0. The predicted octanol–water partition coefficient (Wildman–Crippen LogP) is 3.29. The zero-order valence-electron chi connectivity index (χ0n) is 16.1. The smallest absolute Gasteiger partial charge is 0.262 e. The Labute approximate surface area is 158 Å². The van der Waals surface area contributed by atoms with E-state index >= 15 is 0 Å². The number of rotatable bonds is 6. The fourth-order valence-electron chi connectivity index (χ4n) is 3.45. The molecule has 2 aromatic heterocycles. The van der Waals surface area contributed by atoms with Crippen LogP contribution < -0.4 is 5.56 Å². The number of aryl methyl sites for hydroxylation is 1. The van der Waals surface area contributed by atoms with Crippen molar-refractivity contribution in [3.8, 4) is 0 Å². The minimum atomic E-state index is -0.0542. The van der Waals surface area contributed by atoms with E-state index in [-0.39, 0.29) is 5.56 Å². The number of nitrogens with zero attached hydrogens (tertiary/aromatic N) is 5. The van der Waals surface area contributed by atoms with E-state index in [1.165, 1.54) is 0 Å². The van der Waals surface area contributed by atoms with Gasteiger partial charge in [-0.25, -0.2) is 4.68 Å². The molecule has 26 heavy (non-hydrogen) atoms. The van der Waals surface area contributed by atoms with Gasteiger partial charge >= 0.3 is 0 Å². The van der Waals surface area contributed by atoms with Crippen molar-refractivity contribution in [3.63, 3.8) is 0 Å². The Bertz CT molecular complexity index is 1030. The van der Waals surface area contributed by atoms with Crippen molar-refractivity contribution in [2.75, 3.05) is 13.1 Å². The van der Waals surface area contributed by atoms with Crippen molar-refractivity contribution < 1.29 is 0 Å². The van der Waals surface area contributed by atoms with Crippen LogP contribution >= 0.6 is 12.2 Å². The molecule has 0 unspecified atom stereocenters. The number of aromatic nitrogens is 4. The molecule has 140 valence electrons. The quantitative estimate of drug-likeness (QED) is 0.622. The first-order valence-electron chi connectivity index (χ1n) is 9.09. The molecule has 0 N–H and O–H groups in total. The van der Waals surface area contributed by atoms with Gasteiger partial charge in [-0.15, -0.1) is 5.10 Å². The molecule has 3 rings (SSSR count). The summed E-state index contributed by atoms with van der Waals surface area (Å²) in [6, 6.07) is 7.55. The van der Waals surface area contributed by atoms with Gasteiger partial charge in [-0.3, -0.25) is 18.7 Å². The van der Waals surface area contributed by atoms with E-state index in [0.717, 1.165) is 18.6 Å². The third-order valence-corrected chi connectivity index (χ3v) is 4.78. The van der Waals surface area contributed by atoms with Gasteiger partial charge in [-0.1, -0.05) is 39.8 Å². The van der Waals surface area contributed by atoms with Gasteiger partial charge in [-0.2, -0.15) is 0 Å². The Morgan fingerprint density at radius 1 is 1.12 bits per heavy atom. The van der Waals surface area contributed by atoms with Crippen LogP contribution in [0.5, 0.6) is 0 Å². The van der Waals surface area contributed by atoms with Crippen LogP contribution in [-0.2, 0) is 13.7 Å². The highest BCUT2D eigenvalue weighted by Crippen LogP contribution is 2.14. The van der Waals surface area contributed by atoms with E-state index in [0.29, 0.717) is 34.4 Å². The van der Waals surface area contributed by atoms with E-state index in [9.17, 15) is 4.79 Å². The molecule has 2 heterocycles. The van der Waals surface area contributed by atoms with Crippen LogP contribution in [-0.4, -0.2) is 36.7 Å². The zero-order valence-corrected chi connectivity index (χ0v) is 17.0. The second kappa shape index (κ2) is 7.32. The third kappa shape index (κ3) is 3.46. The molecule has 0 fully saturated rings. The molecule has 0 bridgehead atoms. The highest BCUT2D eigenvalue weighted by Gasteiger charge is 2.16. The lowest BCUT2D eigenvalue weighted by atomic mass is 10.1. The van der Waals surface area contributed by atoms with E-state index in [1.54, 1.807) is 11.6 Å². The first-order valence-corrected chi connectivity index (χ1v) is 9.50. The largest absolute Gasteiger partial charge is 0.284 e. The van der Waals surface area contributed by atoms with Crippen molar-refractivity contribution in [1.82, 2.24) is 23.6 Å². The minimum absolute atomic E-state index is 0.0542. The van der Waals surface area contributed by atoms with Crippen molar-refractivity contribution >= 4 is 28.9 Å². The van der Waals surface area contributed by atoms with Gasteiger partial charge in [0.2, 0.25) is 10.5 Å². The lowest BCUT2D eigenvalue weighted by Crippen LogP contribution is -2.33. The molecule has 7 heteroatoms. The van der Waals surface area contributed by atoms with Crippen LogP contribution in [0.25, 0.3) is 16.7 Å². The van der Waals surface area contributed by atoms with E-state index in [1.807, 2.05) is 33.3 Å². The van der Waals surface area contributed by atoms with Gasteiger partial charge in [0.05, 0.1) is 17.6 Å². The van der Waals surface area contributed by atoms with Crippen LogP contribution in [0.4, 0.5) is 0 Å². The summed E-state index contributed by atoms with van der Waals surface area (Å²) in [5, 5.41) is 5.33. The second-order valence-corrected chi connectivity index (χ2v) is 8.13. The highest BCUT2D eigenvalue weighted by molar-refractivity contribution is 7.71. The lowest BCUT2D eigenvalue weighted by Gasteiger charge is -2.25. The van der Waals surface area contributed by atoms with Gasteiger partial charge < -0.3 is 0 Å². The molecule has 1 aromatic carbocycles. The summed E-state index contributed by atoms with van der Waals surface area (Å²) in [4.78, 5) is 15.0. The average Bonchev–Trinajstić information content (AvgIpc) is 2.88. The van der Waals surface area contributed by atoms with Crippen molar-refractivity contribution in [2.24, 2.45) is 18.9 Å². The second-order valence-electron chi connectivity index (χ2n) is 7.76. The maximum Gasteiger partial charge on any atom is 0.262 e. The monoisotopic (exact) mass is 373 g/mol. The molecule has 0 aliphatic heterocycles. The maximum atomic E-state index is 12.6. The van der Waals surface area contributed by atoms with Crippen molar-refractivity contribution in [2.45, 2.75) is 34.4 Å². The highest BCUT2D eigenvalue weighted by atomic mass is 32.1. The lowest BCUT2D eigenvalue weighted by molar-refractivity contribution is 0.165. The summed E-state index contributed by atoms with van der Waals surface area (Å²) in [6.45, 7) is 11.4. The molecular formula is C19H27N5OS. The fraction of sp³-hybridized carbons (Fsp3) is 0.526. The summed E-state index contributed by atoms with van der Waals surface area (Å²) in [5.74, 6) is 1.70. The summed E-state index contributed by atoms with van der Waals surface area (Å²) < 4.78 is 5.92. The maximum absolute atomic E-state index is 12.6. The third-order valence-electron chi connectivity index (χ3n) is 4.38. The predicted molar refractivity (Wildman–Crippen MR) is 108 cm³/mol. The van der Waals surface area contributed by atoms with Crippen LogP contribution in [0.3, 0.4) is 0 Å². The molecular weight excluding hydrogens is 346 g/mol. The Kier molecular flexibility index (Phi) is 5.29. The molecule has 0 amide bonds. The molecule has 0 radical (unpaired) electrons. The number of hydrogen-bond acceptors (Lipinski definition) is 4. The van der Waals surface area contributed by atoms with Crippen LogP contribution in [0, 0.1) is 16.6 Å². The number of fused-ring (bicyclic) bond motifs is 3. The fourth-order valence-corrected chi connectivity index (χ4v) is 3.73. The molecule has 0 atom stereocenters. The molecule has 0 spiro atoms. The molecule has 6 nitrogen and oxygen atoms in total. The van der Waals surface area contributed by atoms with Crippen molar-refractivity contribution in [3.05, 3.63) is 39.4 Å². The molecule has 0 aliphatic carbocycles. The Morgan fingerprint density at radius 3 is 2.35 bits per heavy atom. The van der Waals surface area contributed by atoms with Gasteiger partial charge in [-0.05, 0) is 36.2 Å². The Morgan fingerprint density at radius 2 is 1.73 bits per heavy atom. The van der Waals surface area contributed by atoms with Gasteiger partial charge in [0.15, 0.2) is 0 Å². The number of para-hydroxylation sites is 1. The normalized spacial score (nSPS) is 12.3. The first kappa shape index (κ1) is 18.8. The van der Waals surface area contributed by atoms with Gasteiger partial charge in [0.1, 0.15) is 0 Å². The topological polar surface area (TPSA) is 47.5 Å². The van der Waals surface area contributed by atoms with Gasteiger partial charge in [0.25, 0.3) is 5.56 Å². The van der Waals surface area contributed by atoms with Crippen LogP contribution in [0.1, 0.15) is 27.7 Å². The standard InChI is InChI=1S/C19H27N5OS/c1-13(2)10-22(11-14(3)4)12-23-19(26)24-16-9-7-6-8-15(16)17(25)21(5)18(24)20-23/h6-9,13-14H,10-12H2,1-5H3. The molecule has 3 aromatic rings. The molecule has 0 saturated heterocycles.